The predicted molar refractivity (Wildman–Crippen MR) is 152 cm³/mol. The Kier molecular flexibility index (Phi) is 7.51. The lowest BCUT2D eigenvalue weighted by atomic mass is 9.44. The van der Waals surface area contributed by atoms with Crippen molar-refractivity contribution in [2.24, 2.45) is 46.3 Å². The van der Waals surface area contributed by atoms with Crippen LogP contribution in [0, 0.1) is 46.3 Å². The summed E-state index contributed by atoms with van der Waals surface area (Å²) in [5.74, 6) is 4.84. The van der Waals surface area contributed by atoms with Crippen LogP contribution in [0.25, 0.3) is 0 Å². The van der Waals surface area contributed by atoms with Crippen LogP contribution in [0.2, 0.25) is 0 Å². The topological polar surface area (TPSA) is 70.1 Å². The van der Waals surface area contributed by atoms with Gasteiger partial charge in [0.15, 0.2) is 0 Å². The summed E-state index contributed by atoms with van der Waals surface area (Å²) >= 11 is 0. The number of nitrogens with zero attached hydrogens (tertiary/aromatic N) is 2. The van der Waals surface area contributed by atoms with Gasteiger partial charge in [-0.2, -0.15) is 0 Å². The number of carbonyl (C=O) groups is 2. The summed E-state index contributed by atoms with van der Waals surface area (Å²) < 4.78 is 5.50. The van der Waals surface area contributed by atoms with Crippen molar-refractivity contribution in [2.75, 3.05) is 19.6 Å². The second-order valence-electron chi connectivity index (χ2n) is 15.3. The molecule has 0 aromatic heterocycles. The van der Waals surface area contributed by atoms with Gasteiger partial charge in [-0.1, -0.05) is 20.8 Å². The molecule has 1 N–H and O–H groups in total. The fraction of sp³-hybridized carbons (Fsp3) is 0.939. The van der Waals surface area contributed by atoms with Gasteiger partial charge in [-0.05, 0) is 130 Å². The number of hydrogen-bond acceptors (Lipinski definition) is 4. The molecule has 0 radical (unpaired) electrons. The average Bonchev–Trinajstić information content (AvgIpc) is 3.65. The van der Waals surface area contributed by atoms with Crippen molar-refractivity contribution in [3.63, 3.8) is 0 Å². The molecular weight excluding hydrogens is 488 g/mol. The number of hydrogen-bond donors (Lipinski definition) is 1. The highest BCUT2D eigenvalue weighted by Gasteiger charge is 2.60. The van der Waals surface area contributed by atoms with Gasteiger partial charge in [0.05, 0.1) is 6.10 Å². The third kappa shape index (κ3) is 5.03. The molecule has 5 saturated carbocycles. The summed E-state index contributed by atoms with van der Waals surface area (Å²) in [5.41, 5.74) is 0.860. The number of aliphatic hydroxyl groups excluding tert-OH is 1. The van der Waals surface area contributed by atoms with E-state index in [1.807, 2.05) is 16.7 Å². The van der Waals surface area contributed by atoms with E-state index < -0.39 is 0 Å². The number of piperazine rings is 1. The van der Waals surface area contributed by atoms with Gasteiger partial charge in [-0.3, -0.25) is 4.79 Å². The maximum Gasteiger partial charge on any atom is 0.410 e. The third-order valence-electron chi connectivity index (χ3n) is 13.2. The molecule has 5 aliphatic carbocycles. The van der Waals surface area contributed by atoms with Crippen LogP contribution in [0.15, 0.2) is 0 Å². The molecule has 0 aromatic carbocycles. The van der Waals surface area contributed by atoms with Gasteiger partial charge < -0.3 is 19.6 Å². The van der Waals surface area contributed by atoms with Gasteiger partial charge in [-0.25, -0.2) is 4.79 Å². The minimum atomic E-state index is -0.201. The summed E-state index contributed by atoms with van der Waals surface area (Å²) in [5, 5.41) is 10.3. The number of fused-ring (bicyclic) bond motifs is 5. The molecule has 0 spiro atoms. The molecule has 6 aliphatic rings. The van der Waals surface area contributed by atoms with Crippen molar-refractivity contribution in [1.29, 1.82) is 0 Å². The van der Waals surface area contributed by atoms with Crippen molar-refractivity contribution in [3.05, 3.63) is 0 Å². The highest BCUT2D eigenvalue weighted by Crippen LogP contribution is 2.68. The maximum atomic E-state index is 13.2. The zero-order chi connectivity index (χ0) is 27.5. The zero-order valence-corrected chi connectivity index (χ0v) is 25.1. The third-order valence-corrected chi connectivity index (χ3v) is 13.2. The molecule has 1 aliphatic heterocycles. The first-order chi connectivity index (χ1) is 18.6. The molecule has 0 aromatic rings. The first-order valence-electron chi connectivity index (χ1n) is 16.5. The van der Waals surface area contributed by atoms with Gasteiger partial charge in [-0.15, -0.1) is 0 Å². The molecule has 1 saturated heterocycles. The largest absolute Gasteiger partial charge is 0.446 e. The minimum Gasteiger partial charge on any atom is -0.446 e. The first kappa shape index (κ1) is 27.8. The van der Waals surface area contributed by atoms with Crippen LogP contribution in [-0.2, 0) is 9.53 Å². The number of rotatable bonds is 5. The van der Waals surface area contributed by atoms with E-state index in [1.54, 1.807) is 0 Å². The van der Waals surface area contributed by atoms with E-state index in [4.69, 9.17) is 4.74 Å². The molecule has 6 heteroatoms. The summed E-state index contributed by atoms with van der Waals surface area (Å²) in [6, 6.07) is 0.0143. The number of aliphatic hydroxyl groups is 1. The average molecular weight is 543 g/mol. The van der Waals surface area contributed by atoms with E-state index in [0.29, 0.717) is 42.8 Å². The van der Waals surface area contributed by atoms with Crippen LogP contribution in [-0.4, -0.2) is 64.8 Å². The lowest BCUT2D eigenvalue weighted by Crippen LogP contribution is -2.55. The Hall–Kier alpha value is -1.30. The van der Waals surface area contributed by atoms with Crippen LogP contribution in [0.1, 0.15) is 111 Å². The fourth-order valence-corrected chi connectivity index (χ4v) is 10.8. The van der Waals surface area contributed by atoms with Crippen LogP contribution in [0.5, 0.6) is 0 Å². The van der Waals surface area contributed by atoms with Crippen molar-refractivity contribution in [2.45, 2.75) is 129 Å². The predicted octanol–water partition coefficient (Wildman–Crippen LogP) is 6.25. The fourth-order valence-electron chi connectivity index (χ4n) is 10.8. The number of ether oxygens (including phenoxy) is 1. The van der Waals surface area contributed by atoms with Crippen molar-refractivity contribution < 1.29 is 19.4 Å². The molecule has 220 valence electrons. The molecule has 0 unspecified atom stereocenters. The number of carbonyl (C=O) groups excluding carboxylic acids is 2. The van der Waals surface area contributed by atoms with Crippen LogP contribution >= 0.6 is 0 Å². The molecule has 6 rings (SSSR count). The Morgan fingerprint density at radius 1 is 0.949 bits per heavy atom. The van der Waals surface area contributed by atoms with E-state index in [2.05, 4.69) is 20.8 Å². The van der Waals surface area contributed by atoms with Gasteiger partial charge in [0.2, 0.25) is 5.91 Å². The van der Waals surface area contributed by atoms with Crippen molar-refractivity contribution in [3.8, 4) is 0 Å². The summed E-state index contributed by atoms with van der Waals surface area (Å²) in [6.45, 7) is 11.5. The van der Waals surface area contributed by atoms with E-state index in [-0.39, 0.29) is 30.3 Å². The van der Waals surface area contributed by atoms with E-state index in [1.165, 1.54) is 44.9 Å². The van der Waals surface area contributed by atoms with Crippen molar-refractivity contribution in [1.82, 2.24) is 9.80 Å². The SMILES string of the molecule is C[C@H](CCC(=O)N1CCN(C(=O)OC2CC2)[C@@H](C)C1)[C@H]1CC[C@H]2[C@@H]3CC[C@H]4C[C@@H](O)CC[C@]4(C)[C@H]3CC[C@]12C. The van der Waals surface area contributed by atoms with Gasteiger partial charge >= 0.3 is 6.09 Å². The lowest BCUT2D eigenvalue weighted by Gasteiger charge is -2.61. The molecule has 10 atom stereocenters. The van der Waals surface area contributed by atoms with E-state index in [9.17, 15) is 14.7 Å². The molecule has 39 heavy (non-hydrogen) atoms. The normalized spacial score (nSPS) is 44.7. The smallest absolute Gasteiger partial charge is 0.410 e. The Morgan fingerprint density at radius 3 is 2.44 bits per heavy atom. The zero-order valence-electron chi connectivity index (χ0n) is 25.1. The van der Waals surface area contributed by atoms with Crippen molar-refractivity contribution >= 4 is 12.0 Å². The van der Waals surface area contributed by atoms with Crippen LogP contribution < -0.4 is 0 Å². The highest BCUT2D eigenvalue weighted by atomic mass is 16.6. The van der Waals surface area contributed by atoms with E-state index in [0.717, 1.165) is 61.7 Å². The number of amides is 2. The quantitative estimate of drug-likeness (QED) is 0.446. The molecule has 6 fully saturated rings. The molecule has 1 heterocycles. The second kappa shape index (κ2) is 10.5. The summed E-state index contributed by atoms with van der Waals surface area (Å²) in [6.07, 6.45) is 14.8. The molecule has 0 bridgehead atoms. The summed E-state index contributed by atoms with van der Waals surface area (Å²) in [7, 11) is 0. The standard InChI is InChI=1S/C33H54N2O4/c1-21(5-12-30(37)34-17-18-35(22(2)20-34)31(38)39-25-7-8-25)27-10-11-28-26-9-6-23-19-24(36)13-15-32(23,3)29(26)14-16-33(27,28)4/h21-29,36H,5-20H2,1-4H3/t21-,22+,23+,24+,26+,27-,28+,29+,32+,33-/m1/s1. The molecule has 2 amide bonds. The summed E-state index contributed by atoms with van der Waals surface area (Å²) in [4.78, 5) is 29.5. The van der Waals surface area contributed by atoms with Gasteiger partial charge in [0.25, 0.3) is 0 Å². The van der Waals surface area contributed by atoms with Crippen LogP contribution in [0.4, 0.5) is 4.79 Å². The monoisotopic (exact) mass is 542 g/mol. The maximum absolute atomic E-state index is 13.2. The van der Waals surface area contributed by atoms with Crippen LogP contribution in [0.3, 0.4) is 0 Å². The Balaban J connectivity index is 1.02. The van der Waals surface area contributed by atoms with E-state index >= 15 is 0 Å². The first-order valence-corrected chi connectivity index (χ1v) is 16.5. The van der Waals surface area contributed by atoms with Gasteiger partial charge in [0.1, 0.15) is 6.10 Å². The minimum absolute atomic E-state index is 0.0143. The lowest BCUT2D eigenvalue weighted by molar-refractivity contribution is -0.135. The highest BCUT2D eigenvalue weighted by molar-refractivity contribution is 5.77. The van der Waals surface area contributed by atoms with Gasteiger partial charge in [0, 0.05) is 32.1 Å². The molecule has 6 nitrogen and oxygen atoms in total. The Labute approximate surface area is 236 Å². The Morgan fingerprint density at radius 2 is 1.69 bits per heavy atom. The molecular formula is C33H54N2O4. The second-order valence-corrected chi connectivity index (χ2v) is 15.3. The Bertz CT molecular complexity index is 937.